The van der Waals surface area contributed by atoms with Crippen LogP contribution >= 0.6 is 11.7 Å². The summed E-state index contributed by atoms with van der Waals surface area (Å²) >= 11 is 0.812. The molecule has 0 aliphatic rings. The molecule has 1 heterocycles. The molecule has 23 heavy (non-hydrogen) atoms. The molecule has 0 bridgehead atoms. The molecule has 3 aromatic rings. The number of aromatic nitrogens is 2. The lowest BCUT2D eigenvalue weighted by atomic mass is 10.3. The Labute approximate surface area is 132 Å². The van der Waals surface area contributed by atoms with E-state index in [2.05, 4.69) is 8.75 Å². The van der Waals surface area contributed by atoms with E-state index in [0.29, 0.717) is 11.6 Å². The Hall–Kier alpha value is -2.66. The molecule has 0 unspecified atom stereocenters. The summed E-state index contributed by atoms with van der Waals surface area (Å²) in [6, 6.07) is 6.51. The Balaban J connectivity index is 2.11. The van der Waals surface area contributed by atoms with Gasteiger partial charge in [-0.25, -0.2) is 4.39 Å². The third-order valence-electron chi connectivity index (χ3n) is 2.84. The Morgan fingerprint density at radius 2 is 2.00 bits per heavy atom. The number of hydrogen-bond acceptors (Lipinski definition) is 8. The van der Waals surface area contributed by atoms with Crippen LogP contribution in [0.5, 0.6) is 5.75 Å². The third-order valence-corrected chi connectivity index (χ3v) is 4.65. The molecule has 0 aliphatic carbocycles. The van der Waals surface area contributed by atoms with Crippen LogP contribution in [0.1, 0.15) is 0 Å². The van der Waals surface area contributed by atoms with Crippen molar-refractivity contribution in [1.82, 2.24) is 8.75 Å². The number of benzene rings is 2. The second kappa shape index (κ2) is 5.52. The lowest BCUT2D eigenvalue weighted by Crippen LogP contribution is -2.11. The molecule has 0 saturated carbocycles. The largest absolute Gasteiger partial charge is 0.371 e. The number of nitrogens with zero attached hydrogens (tertiary/aromatic N) is 3. The van der Waals surface area contributed by atoms with Gasteiger partial charge in [-0.1, -0.05) is 6.07 Å². The monoisotopic (exact) mass is 355 g/mol. The first-order valence-corrected chi connectivity index (χ1v) is 8.12. The van der Waals surface area contributed by atoms with Gasteiger partial charge in [0.25, 0.3) is 0 Å². The number of nitro groups is 1. The van der Waals surface area contributed by atoms with Crippen LogP contribution in [0.15, 0.2) is 41.3 Å². The van der Waals surface area contributed by atoms with Crippen molar-refractivity contribution >= 4 is 38.6 Å². The van der Waals surface area contributed by atoms with Gasteiger partial charge in [0.2, 0.25) is 5.75 Å². The van der Waals surface area contributed by atoms with Gasteiger partial charge in [-0.15, -0.1) is 0 Å². The summed E-state index contributed by atoms with van der Waals surface area (Å²) in [6.45, 7) is 0. The Kier molecular flexibility index (Phi) is 3.66. The number of halogens is 1. The fraction of sp³-hybridized carbons (Fsp3) is 0. The van der Waals surface area contributed by atoms with E-state index in [-0.39, 0.29) is 10.4 Å². The van der Waals surface area contributed by atoms with Crippen molar-refractivity contribution in [2.24, 2.45) is 0 Å². The standard InChI is InChI=1S/C12H6FN3O5S2/c13-7-4-5-9(16(17)18)10(6-7)21-23(19,20)11-3-1-2-8-12(11)15-22-14-8/h1-6H. The van der Waals surface area contributed by atoms with Crippen molar-refractivity contribution in [1.29, 1.82) is 0 Å². The van der Waals surface area contributed by atoms with Gasteiger partial charge in [-0.3, -0.25) is 10.1 Å². The fourth-order valence-corrected chi connectivity index (χ4v) is 3.55. The van der Waals surface area contributed by atoms with Crippen molar-refractivity contribution in [2.75, 3.05) is 0 Å². The highest BCUT2D eigenvalue weighted by Crippen LogP contribution is 2.31. The summed E-state index contributed by atoms with van der Waals surface area (Å²) in [5.74, 6) is -1.58. The normalized spacial score (nSPS) is 11.5. The minimum absolute atomic E-state index is 0.0801. The molecule has 11 heteroatoms. The first kappa shape index (κ1) is 15.2. The quantitative estimate of drug-likeness (QED) is 0.401. The molecule has 3 rings (SSSR count). The molecule has 0 amide bonds. The van der Waals surface area contributed by atoms with E-state index in [1.807, 2.05) is 0 Å². The molecule has 8 nitrogen and oxygen atoms in total. The predicted octanol–water partition coefficient (Wildman–Crippen LogP) is 2.51. The molecule has 0 radical (unpaired) electrons. The molecule has 118 valence electrons. The van der Waals surface area contributed by atoms with Gasteiger partial charge in [-0.2, -0.15) is 17.2 Å². The fourth-order valence-electron chi connectivity index (χ4n) is 1.85. The van der Waals surface area contributed by atoms with Crippen molar-refractivity contribution in [3.05, 3.63) is 52.3 Å². The van der Waals surface area contributed by atoms with Gasteiger partial charge in [0.15, 0.2) is 0 Å². The highest BCUT2D eigenvalue weighted by Gasteiger charge is 2.26. The van der Waals surface area contributed by atoms with Gasteiger partial charge >= 0.3 is 15.8 Å². The zero-order chi connectivity index (χ0) is 16.6. The van der Waals surface area contributed by atoms with Crippen LogP contribution in [0.2, 0.25) is 0 Å². The Morgan fingerprint density at radius 1 is 1.22 bits per heavy atom. The van der Waals surface area contributed by atoms with E-state index in [1.54, 1.807) is 6.07 Å². The average molecular weight is 355 g/mol. The zero-order valence-corrected chi connectivity index (χ0v) is 12.7. The zero-order valence-electron chi connectivity index (χ0n) is 11.0. The molecule has 0 aliphatic heterocycles. The van der Waals surface area contributed by atoms with E-state index >= 15 is 0 Å². The average Bonchev–Trinajstić information content (AvgIpc) is 2.94. The molecule has 0 atom stereocenters. The van der Waals surface area contributed by atoms with Gasteiger partial charge in [0, 0.05) is 12.1 Å². The van der Waals surface area contributed by atoms with E-state index in [1.165, 1.54) is 12.1 Å². The van der Waals surface area contributed by atoms with Crippen LogP contribution in [-0.2, 0) is 10.1 Å². The number of nitro benzene ring substituents is 1. The number of hydrogen-bond donors (Lipinski definition) is 0. The smallest absolute Gasteiger partial charge is 0.341 e. The van der Waals surface area contributed by atoms with Gasteiger partial charge in [0.1, 0.15) is 21.7 Å². The second-order valence-corrected chi connectivity index (χ2v) is 6.34. The highest BCUT2D eigenvalue weighted by atomic mass is 32.2. The van der Waals surface area contributed by atoms with Crippen molar-refractivity contribution < 1.29 is 21.9 Å². The molecular formula is C12H6FN3O5S2. The van der Waals surface area contributed by atoms with E-state index in [4.69, 9.17) is 4.18 Å². The van der Waals surface area contributed by atoms with Crippen LogP contribution in [-0.4, -0.2) is 22.1 Å². The van der Waals surface area contributed by atoms with Crippen LogP contribution in [0.4, 0.5) is 10.1 Å². The maximum absolute atomic E-state index is 13.3. The first-order valence-electron chi connectivity index (χ1n) is 5.98. The third kappa shape index (κ3) is 2.83. The van der Waals surface area contributed by atoms with Gasteiger partial charge < -0.3 is 4.18 Å². The number of fused-ring (bicyclic) bond motifs is 1. The molecule has 2 aromatic carbocycles. The Morgan fingerprint density at radius 3 is 2.74 bits per heavy atom. The molecule has 1 aromatic heterocycles. The van der Waals surface area contributed by atoms with Gasteiger partial charge in [0.05, 0.1) is 16.7 Å². The topological polar surface area (TPSA) is 112 Å². The Bertz CT molecular complexity index is 1020. The molecule has 0 fully saturated rings. The van der Waals surface area contributed by atoms with Crippen molar-refractivity contribution in [3.63, 3.8) is 0 Å². The van der Waals surface area contributed by atoms with Gasteiger partial charge in [-0.05, 0) is 18.2 Å². The predicted molar refractivity (Wildman–Crippen MR) is 78.3 cm³/mol. The first-order chi connectivity index (χ1) is 10.9. The van der Waals surface area contributed by atoms with Crippen molar-refractivity contribution in [2.45, 2.75) is 4.90 Å². The van der Waals surface area contributed by atoms with E-state index in [0.717, 1.165) is 23.9 Å². The number of rotatable bonds is 4. The lowest BCUT2D eigenvalue weighted by Gasteiger charge is -2.07. The summed E-state index contributed by atoms with van der Waals surface area (Å²) in [6.07, 6.45) is 0. The van der Waals surface area contributed by atoms with Crippen LogP contribution in [0.25, 0.3) is 11.0 Å². The lowest BCUT2D eigenvalue weighted by molar-refractivity contribution is -0.385. The second-order valence-electron chi connectivity index (χ2n) is 4.29. The maximum atomic E-state index is 13.3. The van der Waals surface area contributed by atoms with E-state index in [9.17, 15) is 22.9 Å². The van der Waals surface area contributed by atoms with Crippen LogP contribution in [0.3, 0.4) is 0 Å². The summed E-state index contributed by atoms with van der Waals surface area (Å²) in [7, 11) is -4.45. The van der Waals surface area contributed by atoms with Crippen molar-refractivity contribution in [3.8, 4) is 5.75 Å². The van der Waals surface area contributed by atoms with E-state index < -0.39 is 32.3 Å². The summed E-state index contributed by atoms with van der Waals surface area (Å²) < 4.78 is 50.5. The molecule has 0 saturated heterocycles. The minimum Gasteiger partial charge on any atom is -0.371 e. The maximum Gasteiger partial charge on any atom is 0.341 e. The highest BCUT2D eigenvalue weighted by molar-refractivity contribution is 7.87. The summed E-state index contributed by atoms with van der Waals surface area (Å²) in [5.41, 5.74) is -0.247. The van der Waals surface area contributed by atoms with Crippen LogP contribution in [0, 0.1) is 15.9 Å². The molecular weight excluding hydrogens is 349 g/mol. The minimum atomic E-state index is -4.45. The molecule has 0 N–H and O–H groups in total. The summed E-state index contributed by atoms with van der Waals surface area (Å²) in [5, 5.41) is 10.9. The summed E-state index contributed by atoms with van der Waals surface area (Å²) in [4.78, 5) is 9.74. The SMILES string of the molecule is O=[N+]([O-])c1ccc(F)cc1OS(=O)(=O)c1cccc2nsnc12. The van der Waals surface area contributed by atoms with Crippen LogP contribution < -0.4 is 4.18 Å². The molecule has 0 spiro atoms.